The molecule has 1 fully saturated rings. The number of carbonyl (C=O) groups excluding carboxylic acids is 2. The van der Waals surface area contributed by atoms with Gasteiger partial charge in [-0.1, -0.05) is 30.3 Å². The molecule has 2 aromatic carbocycles. The molecule has 1 aromatic heterocycles. The molecule has 0 bridgehead atoms. The lowest BCUT2D eigenvalue weighted by Crippen LogP contribution is -2.35. The highest BCUT2D eigenvalue weighted by Crippen LogP contribution is 2.25. The van der Waals surface area contributed by atoms with Crippen molar-refractivity contribution in [3.8, 4) is 5.69 Å². The first kappa shape index (κ1) is 27.0. The van der Waals surface area contributed by atoms with Gasteiger partial charge in [0, 0.05) is 44.2 Å². The van der Waals surface area contributed by atoms with E-state index in [1.54, 1.807) is 16.7 Å². The molecule has 196 valence electrons. The zero-order valence-corrected chi connectivity index (χ0v) is 22.0. The van der Waals surface area contributed by atoms with Crippen LogP contribution < -0.4 is 5.32 Å². The van der Waals surface area contributed by atoms with Crippen molar-refractivity contribution in [2.45, 2.75) is 42.7 Å². The third-order valence-corrected chi connectivity index (χ3v) is 8.81. The number of thioether (sulfide) groups is 1. The fourth-order valence-corrected chi connectivity index (χ4v) is 6.42. The lowest BCUT2D eigenvalue weighted by atomic mass is 10.1. The maximum absolute atomic E-state index is 13.5. The van der Waals surface area contributed by atoms with Gasteiger partial charge < -0.3 is 5.32 Å². The zero-order chi connectivity index (χ0) is 26.4. The van der Waals surface area contributed by atoms with Crippen LogP contribution in [-0.2, 0) is 21.2 Å². The summed E-state index contributed by atoms with van der Waals surface area (Å²) in [6.45, 7) is 2.81. The molecule has 0 unspecified atom stereocenters. The molecule has 37 heavy (non-hydrogen) atoms. The van der Waals surface area contributed by atoms with E-state index in [4.69, 9.17) is 0 Å². The number of Topliss-reactive ketones (excluding diaryl/α,β-unsaturated/α-hetero) is 1. The summed E-state index contributed by atoms with van der Waals surface area (Å²) in [4.78, 5) is 24.3. The number of rotatable bonds is 10. The van der Waals surface area contributed by atoms with Gasteiger partial charge in [0.1, 0.15) is 11.6 Å². The van der Waals surface area contributed by atoms with Crippen molar-refractivity contribution >= 4 is 33.5 Å². The van der Waals surface area contributed by atoms with Crippen molar-refractivity contribution in [3.05, 3.63) is 65.7 Å². The number of nitrogens with one attached hydrogen (secondary N) is 1. The summed E-state index contributed by atoms with van der Waals surface area (Å²) in [5.41, 5.74) is 1.02. The molecular formula is C25H28FN5O4S2. The van der Waals surface area contributed by atoms with Gasteiger partial charge >= 0.3 is 0 Å². The number of amides is 1. The van der Waals surface area contributed by atoms with Crippen LogP contribution in [0, 0.1) is 5.82 Å². The lowest BCUT2D eigenvalue weighted by Gasteiger charge is -2.25. The summed E-state index contributed by atoms with van der Waals surface area (Å²) < 4.78 is 42.4. The monoisotopic (exact) mass is 545 g/mol. The molecule has 0 saturated carbocycles. The van der Waals surface area contributed by atoms with E-state index in [1.165, 1.54) is 59.4 Å². The van der Waals surface area contributed by atoms with Crippen molar-refractivity contribution in [2.75, 3.05) is 25.4 Å². The predicted molar refractivity (Wildman–Crippen MR) is 138 cm³/mol. The van der Waals surface area contributed by atoms with Crippen LogP contribution in [0.4, 0.5) is 4.39 Å². The summed E-state index contributed by atoms with van der Waals surface area (Å²) in [5.74, 6) is -0.138. The number of benzene rings is 2. The molecule has 0 spiro atoms. The second-order valence-corrected chi connectivity index (χ2v) is 11.5. The van der Waals surface area contributed by atoms with Crippen molar-refractivity contribution in [2.24, 2.45) is 0 Å². The summed E-state index contributed by atoms with van der Waals surface area (Å²) >= 11 is 1.17. The Hall–Kier alpha value is -3.09. The van der Waals surface area contributed by atoms with Crippen LogP contribution in [0.25, 0.3) is 5.69 Å². The van der Waals surface area contributed by atoms with Gasteiger partial charge in [-0.25, -0.2) is 12.8 Å². The number of hydrogen-bond donors (Lipinski definition) is 1. The molecule has 2 heterocycles. The first-order valence-corrected chi connectivity index (χ1v) is 14.4. The third kappa shape index (κ3) is 6.62. The maximum atomic E-state index is 13.5. The summed E-state index contributed by atoms with van der Waals surface area (Å²) in [7, 11) is -3.57. The number of ketones is 1. The Morgan fingerprint density at radius 1 is 1.00 bits per heavy atom. The number of aromatic nitrogens is 3. The van der Waals surface area contributed by atoms with Crippen LogP contribution in [0.15, 0.2) is 58.6 Å². The van der Waals surface area contributed by atoms with Gasteiger partial charge in [-0.15, -0.1) is 10.2 Å². The Labute approximate surface area is 219 Å². The van der Waals surface area contributed by atoms with Crippen LogP contribution in [0.1, 0.15) is 42.4 Å². The normalized spacial score (nSPS) is 14.4. The summed E-state index contributed by atoms with van der Waals surface area (Å²) in [5, 5.41) is 11.6. The summed E-state index contributed by atoms with van der Waals surface area (Å²) in [6.07, 6.45) is 3.13. The quantitative estimate of drug-likeness (QED) is 0.307. The van der Waals surface area contributed by atoms with E-state index < -0.39 is 10.0 Å². The Bertz CT molecular complexity index is 1350. The largest absolute Gasteiger partial charge is 0.356 e. The number of halogens is 1. The van der Waals surface area contributed by atoms with E-state index in [9.17, 15) is 22.4 Å². The fourth-order valence-electron chi connectivity index (χ4n) is 4.04. The predicted octanol–water partition coefficient (Wildman–Crippen LogP) is 3.23. The van der Waals surface area contributed by atoms with Gasteiger partial charge in [0.15, 0.2) is 10.9 Å². The van der Waals surface area contributed by atoms with Crippen molar-refractivity contribution in [1.29, 1.82) is 0 Å². The topological polar surface area (TPSA) is 114 Å². The highest BCUT2D eigenvalue weighted by atomic mass is 32.2. The Morgan fingerprint density at radius 2 is 1.68 bits per heavy atom. The Kier molecular flexibility index (Phi) is 8.72. The zero-order valence-electron chi connectivity index (χ0n) is 20.4. The fraction of sp³-hybridized carbons (Fsp3) is 0.360. The van der Waals surface area contributed by atoms with Gasteiger partial charge in [0.05, 0.1) is 10.6 Å². The van der Waals surface area contributed by atoms with Gasteiger partial charge in [-0.3, -0.25) is 14.2 Å². The Balaban J connectivity index is 1.47. The van der Waals surface area contributed by atoms with Crippen LogP contribution in [-0.4, -0.2) is 64.6 Å². The first-order valence-electron chi connectivity index (χ1n) is 12.0. The highest BCUT2D eigenvalue weighted by Gasteiger charge is 2.26. The summed E-state index contributed by atoms with van der Waals surface area (Å²) in [6, 6.07) is 11.8. The van der Waals surface area contributed by atoms with E-state index >= 15 is 0 Å². The number of sulfonamides is 1. The van der Waals surface area contributed by atoms with Gasteiger partial charge in [-0.05, 0) is 49.2 Å². The lowest BCUT2D eigenvalue weighted by molar-refractivity contribution is -0.118. The molecule has 1 aliphatic heterocycles. The minimum Gasteiger partial charge on any atom is -0.356 e. The molecule has 1 amide bonds. The van der Waals surface area contributed by atoms with Crippen molar-refractivity contribution < 1.29 is 22.4 Å². The molecule has 0 atom stereocenters. The molecule has 3 aromatic rings. The minimum atomic E-state index is -3.57. The van der Waals surface area contributed by atoms with Crippen LogP contribution in [0.5, 0.6) is 0 Å². The van der Waals surface area contributed by atoms with E-state index in [2.05, 4.69) is 15.5 Å². The van der Waals surface area contributed by atoms with E-state index in [-0.39, 0.29) is 28.2 Å². The first-order chi connectivity index (χ1) is 17.8. The number of piperidine rings is 1. The average Bonchev–Trinajstić information content (AvgIpc) is 3.30. The van der Waals surface area contributed by atoms with Gasteiger partial charge in [0.2, 0.25) is 15.9 Å². The van der Waals surface area contributed by atoms with E-state index in [0.29, 0.717) is 48.3 Å². The molecule has 0 aliphatic carbocycles. The van der Waals surface area contributed by atoms with E-state index in [1.807, 2.05) is 0 Å². The highest BCUT2D eigenvalue weighted by molar-refractivity contribution is 7.99. The molecule has 9 nitrogen and oxygen atoms in total. The van der Waals surface area contributed by atoms with Gasteiger partial charge in [0.25, 0.3) is 0 Å². The van der Waals surface area contributed by atoms with Crippen molar-refractivity contribution in [3.63, 3.8) is 0 Å². The van der Waals surface area contributed by atoms with Crippen LogP contribution in [0.3, 0.4) is 0 Å². The SMILES string of the molecule is CC(=O)NCCc1nnc(SCC(=O)c2ccc(S(=O)(=O)N3CCCCC3)cc2)n1-c1ccc(F)cc1. The standard InChI is InChI=1S/C25H28FN5O4S2/c1-18(32)27-14-13-24-28-29-25(31(24)21-9-7-20(26)8-10-21)36-17-23(33)19-5-11-22(12-6-19)37(34,35)30-15-3-2-4-16-30/h5-12H,2-4,13-17H2,1H3,(H,27,32). The number of hydrogen-bond acceptors (Lipinski definition) is 7. The molecule has 4 rings (SSSR count). The number of carbonyl (C=O) groups is 2. The molecular weight excluding hydrogens is 517 g/mol. The average molecular weight is 546 g/mol. The van der Waals surface area contributed by atoms with Crippen molar-refractivity contribution in [1.82, 2.24) is 24.4 Å². The second-order valence-electron chi connectivity index (χ2n) is 8.64. The second kappa shape index (κ2) is 12.0. The van der Waals surface area contributed by atoms with Gasteiger partial charge in [-0.2, -0.15) is 4.31 Å². The molecule has 12 heteroatoms. The van der Waals surface area contributed by atoms with E-state index in [0.717, 1.165) is 19.3 Å². The molecule has 1 N–H and O–H groups in total. The number of nitrogens with zero attached hydrogens (tertiary/aromatic N) is 4. The Morgan fingerprint density at radius 3 is 2.32 bits per heavy atom. The maximum Gasteiger partial charge on any atom is 0.243 e. The smallest absolute Gasteiger partial charge is 0.243 e. The minimum absolute atomic E-state index is 0.0449. The molecule has 1 aliphatic rings. The molecule has 0 radical (unpaired) electrons. The van der Waals surface area contributed by atoms with Crippen LogP contribution >= 0.6 is 11.8 Å². The molecule has 1 saturated heterocycles. The third-order valence-electron chi connectivity index (χ3n) is 5.97. The van der Waals surface area contributed by atoms with Crippen LogP contribution in [0.2, 0.25) is 0 Å².